The zero-order chi connectivity index (χ0) is 16.9. The van der Waals surface area contributed by atoms with Crippen molar-refractivity contribution in [2.45, 2.75) is 32.4 Å². The van der Waals surface area contributed by atoms with Crippen LogP contribution in [0.15, 0.2) is 36.7 Å². The molecule has 0 atom stereocenters. The molecule has 24 heavy (non-hydrogen) atoms. The second-order valence-electron chi connectivity index (χ2n) is 6.21. The van der Waals surface area contributed by atoms with Crippen molar-refractivity contribution in [2.75, 3.05) is 18.4 Å². The van der Waals surface area contributed by atoms with Crippen LogP contribution in [0.25, 0.3) is 0 Å². The summed E-state index contributed by atoms with van der Waals surface area (Å²) in [6.07, 6.45) is 4.85. The lowest BCUT2D eigenvalue weighted by Gasteiger charge is -2.32. The molecule has 6 heteroatoms. The molecule has 0 saturated carbocycles. The van der Waals surface area contributed by atoms with E-state index in [4.69, 9.17) is 5.11 Å². The number of hydrogen-bond donors (Lipinski definition) is 2. The lowest BCUT2D eigenvalue weighted by molar-refractivity contribution is 0.0690. The number of aromatic nitrogens is 2. The molecule has 2 aromatic rings. The van der Waals surface area contributed by atoms with Crippen molar-refractivity contribution in [1.29, 1.82) is 0 Å². The zero-order valence-corrected chi connectivity index (χ0v) is 13.8. The van der Waals surface area contributed by atoms with Crippen LogP contribution in [0.3, 0.4) is 0 Å². The van der Waals surface area contributed by atoms with Crippen LogP contribution in [-0.4, -0.2) is 45.1 Å². The fraction of sp³-hybridized carbons (Fsp3) is 0.389. The number of nitrogens with zero attached hydrogens (tertiary/aromatic N) is 3. The summed E-state index contributed by atoms with van der Waals surface area (Å²) in [6, 6.07) is 8.87. The number of carbonyl (C=O) groups is 1. The highest BCUT2D eigenvalue weighted by atomic mass is 16.4. The Morgan fingerprint density at radius 3 is 2.62 bits per heavy atom. The number of piperidine rings is 1. The number of carboxylic acids is 1. The standard InChI is InChI=1S/C18H22N4O2/c1-13-4-2-3-5-14(13)12-22-8-6-15(7-9-22)21-17-11-19-16(10-20-17)18(23)24/h2-5,10-11,15H,6-9,12H2,1H3,(H,20,21)(H,23,24). The van der Waals surface area contributed by atoms with Gasteiger partial charge in [-0.3, -0.25) is 4.90 Å². The average Bonchev–Trinajstić information content (AvgIpc) is 2.59. The van der Waals surface area contributed by atoms with Gasteiger partial charge in [-0.2, -0.15) is 0 Å². The summed E-state index contributed by atoms with van der Waals surface area (Å²) < 4.78 is 0. The van der Waals surface area contributed by atoms with Crippen molar-refractivity contribution in [3.05, 3.63) is 53.5 Å². The highest BCUT2D eigenvalue weighted by Crippen LogP contribution is 2.18. The first-order chi connectivity index (χ1) is 11.6. The van der Waals surface area contributed by atoms with Crippen LogP contribution < -0.4 is 5.32 Å². The molecule has 0 aliphatic carbocycles. The molecule has 0 bridgehead atoms. The fourth-order valence-electron chi connectivity index (χ4n) is 2.99. The molecule has 0 spiro atoms. The van der Waals surface area contributed by atoms with Crippen LogP contribution >= 0.6 is 0 Å². The van der Waals surface area contributed by atoms with Gasteiger partial charge in [0.15, 0.2) is 5.69 Å². The van der Waals surface area contributed by atoms with Crippen LogP contribution in [-0.2, 0) is 6.54 Å². The molecule has 0 radical (unpaired) electrons. The van der Waals surface area contributed by atoms with Gasteiger partial charge in [-0.1, -0.05) is 24.3 Å². The molecular weight excluding hydrogens is 304 g/mol. The third kappa shape index (κ3) is 4.08. The minimum absolute atomic E-state index is 0.0337. The van der Waals surface area contributed by atoms with Crippen molar-refractivity contribution in [3.8, 4) is 0 Å². The van der Waals surface area contributed by atoms with Crippen LogP contribution in [0.1, 0.15) is 34.5 Å². The van der Waals surface area contributed by atoms with Gasteiger partial charge in [0, 0.05) is 25.7 Å². The smallest absolute Gasteiger partial charge is 0.356 e. The van der Waals surface area contributed by atoms with Crippen LogP contribution in [0.2, 0.25) is 0 Å². The van der Waals surface area contributed by atoms with Gasteiger partial charge in [-0.25, -0.2) is 14.8 Å². The van der Waals surface area contributed by atoms with Crippen molar-refractivity contribution in [2.24, 2.45) is 0 Å². The minimum atomic E-state index is -1.06. The van der Waals surface area contributed by atoms with Crippen LogP contribution in [0.4, 0.5) is 5.82 Å². The Kier molecular flexibility index (Phi) is 5.05. The number of aryl methyl sites for hydroxylation is 1. The second kappa shape index (κ2) is 7.40. The highest BCUT2D eigenvalue weighted by Gasteiger charge is 2.20. The van der Waals surface area contributed by atoms with E-state index in [9.17, 15) is 4.79 Å². The van der Waals surface area contributed by atoms with Gasteiger partial charge in [0.25, 0.3) is 0 Å². The van der Waals surface area contributed by atoms with Crippen LogP contribution in [0, 0.1) is 6.92 Å². The summed E-state index contributed by atoms with van der Waals surface area (Å²) in [5, 5.41) is 12.2. The zero-order valence-electron chi connectivity index (χ0n) is 13.8. The summed E-state index contributed by atoms with van der Waals surface area (Å²) >= 11 is 0. The Morgan fingerprint density at radius 2 is 2.00 bits per heavy atom. The van der Waals surface area contributed by atoms with Gasteiger partial charge in [-0.05, 0) is 30.9 Å². The maximum Gasteiger partial charge on any atom is 0.356 e. The lowest BCUT2D eigenvalue weighted by Crippen LogP contribution is -2.38. The molecule has 1 aromatic carbocycles. The predicted octanol–water partition coefficient (Wildman–Crippen LogP) is 2.56. The van der Waals surface area contributed by atoms with Gasteiger partial charge in [0.2, 0.25) is 0 Å². The first-order valence-corrected chi connectivity index (χ1v) is 8.20. The first-order valence-electron chi connectivity index (χ1n) is 8.20. The lowest BCUT2D eigenvalue weighted by atomic mass is 10.0. The third-order valence-electron chi connectivity index (χ3n) is 4.47. The Labute approximate surface area is 141 Å². The quantitative estimate of drug-likeness (QED) is 0.879. The number of hydrogen-bond acceptors (Lipinski definition) is 5. The van der Waals surface area contributed by atoms with Gasteiger partial charge in [0.1, 0.15) is 5.82 Å². The minimum Gasteiger partial charge on any atom is -0.476 e. The summed E-state index contributed by atoms with van der Waals surface area (Å²) in [6.45, 7) is 5.22. The Balaban J connectivity index is 1.50. The van der Waals surface area contributed by atoms with E-state index in [1.54, 1.807) is 0 Å². The molecule has 1 aliphatic heterocycles. The van der Waals surface area contributed by atoms with E-state index in [2.05, 4.69) is 51.4 Å². The number of nitrogens with one attached hydrogen (secondary N) is 1. The number of likely N-dealkylation sites (tertiary alicyclic amines) is 1. The molecule has 0 unspecified atom stereocenters. The van der Waals surface area contributed by atoms with E-state index in [1.807, 2.05) is 0 Å². The van der Waals surface area contributed by atoms with Crippen LogP contribution in [0.5, 0.6) is 0 Å². The molecule has 2 N–H and O–H groups in total. The molecule has 2 heterocycles. The Hall–Kier alpha value is -2.47. The normalized spacial score (nSPS) is 16.0. The summed E-state index contributed by atoms with van der Waals surface area (Å²) in [7, 11) is 0. The number of rotatable bonds is 5. The largest absolute Gasteiger partial charge is 0.476 e. The van der Waals surface area contributed by atoms with Crippen molar-refractivity contribution in [3.63, 3.8) is 0 Å². The summed E-state index contributed by atoms with van der Waals surface area (Å²) in [5.41, 5.74) is 2.69. The van der Waals surface area contributed by atoms with E-state index >= 15 is 0 Å². The molecule has 1 saturated heterocycles. The van der Waals surface area contributed by atoms with Crippen molar-refractivity contribution in [1.82, 2.24) is 14.9 Å². The van der Waals surface area contributed by atoms with Crippen molar-refractivity contribution < 1.29 is 9.90 Å². The molecule has 0 amide bonds. The molecule has 3 rings (SSSR count). The first kappa shape index (κ1) is 16.4. The number of anilines is 1. The van der Waals surface area contributed by atoms with E-state index in [0.29, 0.717) is 11.9 Å². The second-order valence-corrected chi connectivity index (χ2v) is 6.21. The molecule has 6 nitrogen and oxygen atoms in total. The Bertz CT molecular complexity index is 694. The number of aromatic carboxylic acids is 1. The molecule has 1 aromatic heterocycles. The van der Waals surface area contributed by atoms with E-state index in [1.165, 1.54) is 23.5 Å². The third-order valence-corrected chi connectivity index (χ3v) is 4.47. The Morgan fingerprint density at radius 1 is 1.25 bits per heavy atom. The molecule has 1 aliphatic rings. The van der Waals surface area contributed by atoms with Gasteiger partial charge < -0.3 is 10.4 Å². The molecular formula is C18H22N4O2. The number of carboxylic acid groups (broad SMARTS) is 1. The maximum absolute atomic E-state index is 10.8. The fourth-order valence-corrected chi connectivity index (χ4v) is 2.99. The van der Waals surface area contributed by atoms with Gasteiger partial charge >= 0.3 is 5.97 Å². The van der Waals surface area contributed by atoms with E-state index in [0.717, 1.165) is 32.5 Å². The molecule has 126 valence electrons. The van der Waals surface area contributed by atoms with Gasteiger partial charge in [-0.15, -0.1) is 0 Å². The number of benzene rings is 1. The summed E-state index contributed by atoms with van der Waals surface area (Å²) in [4.78, 5) is 21.3. The SMILES string of the molecule is Cc1ccccc1CN1CCC(Nc2cnc(C(=O)O)cn2)CC1. The molecule has 1 fully saturated rings. The predicted molar refractivity (Wildman–Crippen MR) is 92.1 cm³/mol. The topological polar surface area (TPSA) is 78.4 Å². The van der Waals surface area contributed by atoms with E-state index in [-0.39, 0.29) is 5.69 Å². The van der Waals surface area contributed by atoms with E-state index < -0.39 is 5.97 Å². The highest BCUT2D eigenvalue weighted by molar-refractivity contribution is 5.84. The van der Waals surface area contributed by atoms with Gasteiger partial charge in [0.05, 0.1) is 12.4 Å². The van der Waals surface area contributed by atoms with Crippen molar-refractivity contribution >= 4 is 11.8 Å². The monoisotopic (exact) mass is 326 g/mol. The summed E-state index contributed by atoms with van der Waals surface area (Å²) in [5.74, 6) is -0.420. The average molecular weight is 326 g/mol. The maximum atomic E-state index is 10.8.